The molecular weight excluding hydrogens is 290 g/mol. The molecule has 0 radical (unpaired) electrons. The molecule has 1 amide bonds. The molecule has 2 N–H and O–H groups in total. The first kappa shape index (κ1) is 16.2. The number of aromatic nitrogens is 1. The second-order valence-corrected chi connectivity index (χ2v) is 6.93. The molecule has 2 fully saturated rings. The van der Waals surface area contributed by atoms with Crippen LogP contribution in [0.5, 0.6) is 0 Å². The van der Waals surface area contributed by atoms with Crippen molar-refractivity contribution in [2.24, 2.45) is 5.92 Å². The predicted octanol–water partition coefficient (Wildman–Crippen LogP) is 2.04. The number of nitrogens with zero attached hydrogens (tertiary/aromatic N) is 1. The zero-order valence-corrected chi connectivity index (χ0v) is 13.7. The Morgan fingerprint density at radius 1 is 1.30 bits per heavy atom. The van der Waals surface area contributed by atoms with Crippen molar-refractivity contribution in [3.63, 3.8) is 0 Å². The summed E-state index contributed by atoms with van der Waals surface area (Å²) in [4.78, 5) is 29.1. The molecule has 23 heavy (non-hydrogen) atoms. The Morgan fingerprint density at radius 3 is 2.96 bits per heavy atom. The third-order valence-corrected chi connectivity index (χ3v) is 5.01. The Balaban J connectivity index is 1.52. The first-order valence-electron chi connectivity index (χ1n) is 8.89. The lowest BCUT2D eigenvalue weighted by atomic mass is 9.98. The van der Waals surface area contributed by atoms with Gasteiger partial charge in [0.2, 0.25) is 5.91 Å². The van der Waals surface area contributed by atoms with Crippen LogP contribution in [0.3, 0.4) is 0 Å². The van der Waals surface area contributed by atoms with Gasteiger partial charge < -0.3 is 10.3 Å². The van der Waals surface area contributed by atoms with Gasteiger partial charge in [-0.3, -0.25) is 14.5 Å². The van der Waals surface area contributed by atoms with Gasteiger partial charge in [0.1, 0.15) is 0 Å². The summed E-state index contributed by atoms with van der Waals surface area (Å²) in [7, 11) is 0. The van der Waals surface area contributed by atoms with E-state index in [1.54, 1.807) is 6.20 Å². The summed E-state index contributed by atoms with van der Waals surface area (Å²) in [5, 5.41) is 3.06. The van der Waals surface area contributed by atoms with E-state index in [0.717, 1.165) is 43.8 Å². The number of pyridine rings is 1. The summed E-state index contributed by atoms with van der Waals surface area (Å²) in [5.41, 5.74) is 0.763. The normalized spacial score (nSPS) is 22.0. The second-order valence-electron chi connectivity index (χ2n) is 6.93. The van der Waals surface area contributed by atoms with Gasteiger partial charge in [-0.1, -0.05) is 25.3 Å². The number of piperidine rings is 1. The molecule has 5 heteroatoms. The van der Waals surface area contributed by atoms with Gasteiger partial charge in [-0.2, -0.15) is 0 Å². The smallest absolute Gasteiger partial charge is 0.252 e. The van der Waals surface area contributed by atoms with Crippen LogP contribution in [0.25, 0.3) is 0 Å². The number of rotatable bonds is 7. The van der Waals surface area contributed by atoms with Gasteiger partial charge >= 0.3 is 0 Å². The van der Waals surface area contributed by atoms with Gasteiger partial charge in [-0.05, 0) is 37.8 Å². The fraction of sp³-hybridized carbons (Fsp3) is 0.667. The first-order chi connectivity index (χ1) is 11.2. The van der Waals surface area contributed by atoms with Crippen LogP contribution < -0.4 is 10.9 Å². The van der Waals surface area contributed by atoms with Gasteiger partial charge in [0.25, 0.3) is 5.56 Å². The number of nitrogens with one attached hydrogen (secondary N) is 2. The monoisotopic (exact) mass is 317 g/mol. The van der Waals surface area contributed by atoms with Crippen molar-refractivity contribution in [3.05, 3.63) is 34.2 Å². The Hall–Kier alpha value is -1.62. The average Bonchev–Trinajstić information content (AvgIpc) is 3.36. The van der Waals surface area contributed by atoms with Crippen LogP contribution >= 0.6 is 0 Å². The fourth-order valence-electron chi connectivity index (χ4n) is 3.41. The average molecular weight is 317 g/mol. The number of hydrogen-bond acceptors (Lipinski definition) is 3. The van der Waals surface area contributed by atoms with E-state index in [9.17, 15) is 9.59 Å². The Morgan fingerprint density at radius 2 is 2.17 bits per heavy atom. The minimum Gasteiger partial charge on any atom is -0.356 e. The van der Waals surface area contributed by atoms with Crippen molar-refractivity contribution >= 4 is 5.91 Å². The highest BCUT2D eigenvalue weighted by atomic mass is 16.1. The lowest BCUT2D eigenvalue weighted by Gasteiger charge is -2.35. The van der Waals surface area contributed by atoms with Crippen LogP contribution in [0.15, 0.2) is 23.1 Å². The van der Waals surface area contributed by atoms with Gasteiger partial charge in [-0.25, -0.2) is 0 Å². The molecule has 0 aromatic carbocycles. The van der Waals surface area contributed by atoms with Crippen molar-refractivity contribution in [1.82, 2.24) is 15.2 Å². The summed E-state index contributed by atoms with van der Waals surface area (Å²) >= 11 is 0. The van der Waals surface area contributed by atoms with Crippen LogP contribution in [0.4, 0.5) is 0 Å². The summed E-state index contributed by atoms with van der Waals surface area (Å²) in [6.45, 7) is 2.42. The van der Waals surface area contributed by atoms with Crippen LogP contribution in [0.1, 0.15) is 50.5 Å². The number of amides is 1. The maximum atomic E-state index is 12.2. The SMILES string of the molecule is O=C(CC1CCCCN1Cc1ccc[nH]c1=O)NCCC1CC1. The Kier molecular flexibility index (Phi) is 5.49. The lowest BCUT2D eigenvalue weighted by molar-refractivity contribution is -0.122. The van der Waals surface area contributed by atoms with E-state index in [1.807, 2.05) is 12.1 Å². The summed E-state index contributed by atoms with van der Waals surface area (Å²) < 4.78 is 0. The number of likely N-dealkylation sites (tertiary alicyclic amines) is 1. The molecule has 0 bridgehead atoms. The summed E-state index contributed by atoms with van der Waals surface area (Å²) in [6, 6.07) is 3.99. The molecular formula is C18H27N3O2. The largest absolute Gasteiger partial charge is 0.356 e. The molecule has 5 nitrogen and oxygen atoms in total. The van der Waals surface area contributed by atoms with Gasteiger partial charge in [0, 0.05) is 37.3 Å². The van der Waals surface area contributed by atoms with Crippen LogP contribution in [0.2, 0.25) is 0 Å². The molecule has 3 rings (SSSR count). The minimum absolute atomic E-state index is 0.0225. The van der Waals surface area contributed by atoms with Gasteiger partial charge in [-0.15, -0.1) is 0 Å². The number of H-pyrrole nitrogens is 1. The molecule has 1 saturated carbocycles. The molecule has 1 aromatic rings. The van der Waals surface area contributed by atoms with E-state index in [-0.39, 0.29) is 17.5 Å². The standard InChI is InChI=1S/C18H27N3O2/c22-17(19-10-8-14-6-7-14)12-16-5-1-2-11-21(16)13-15-4-3-9-20-18(15)23/h3-4,9,14,16H,1-2,5-8,10-13H2,(H,19,22)(H,20,23). The topological polar surface area (TPSA) is 65.2 Å². The summed E-state index contributed by atoms with van der Waals surface area (Å²) in [5.74, 6) is 1.01. The van der Waals surface area contributed by atoms with Crippen molar-refractivity contribution in [2.45, 2.75) is 57.5 Å². The third-order valence-electron chi connectivity index (χ3n) is 5.01. The zero-order chi connectivity index (χ0) is 16.1. The molecule has 1 atom stereocenters. The number of carbonyl (C=O) groups is 1. The molecule has 1 aliphatic carbocycles. The molecule has 1 aromatic heterocycles. The Bertz CT molecular complexity index is 580. The van der Waals surface area contributed by atoms with E-state index < -0.39 is 0 Å². The number of hydrogen-bond donors (Lipinski definition) is 2. The van der Waals surface area contributed by atoms with Crippen molar-refractivity contribution in [3.8, 4) is 0 Å². The van der Waals surface area contributed by atoms with E-state index >= 15 is 0 Å². The Labute approximate surface area is 137 Å². The third kappa shape index (κ3) is 4.93. The maximum absolute atomic E-state index is 12.2. The molecule has 1 saturated heterocycles. The number of carbonyl (C=O) groups excluding carboxylic acids is 1. The molecule has 0 spiro atoms. The van der Waals surface area contributed by atoms with E-state index in [1.165, 1.54) is 19.3 Å². The minimum atomic E-state index is -0.0225. The van der Waals surface area contributed by atoms with Crippen molar-refractivity contribution in [2.75, 3.05) is 13.1 Å². The first-order valence-corrected chi connectivity index (χ1v) is 8.89. The van der Waals surface area contributed by atoms with E-state index in [0.29, 0.717) is 13.0 Å². The van der Waals surface area contributed by atoms with Gasteiger partial charge in [0.05, 0.1) is 0 Å². The van der Waals surface area contributed by atoms with Crippen molar-refractivity contribution < 1.29 is 4.79 Å². The lowest BCUT2D eigenvalue weighted by Crippen LogP contribution is -2.43. The predicted molar refractivity (Wildman–Crippen MR) is 90.1 cm³/mol. The molecule has 126 valence electrons. The molecule has 1 aliphatic heterocycles. The highest BCUT2D eigenvalue weighted by molar-refractivity contribution is 5.76. The van der Waals surface area contributed by atoms with Crippen LogP contribution in [-0.4, -0.2) is 34.9 Å². The maximum Gasteiger partial charge on any atom is 0.252 e. The van der Waals surface area contributed by atoms with E-state index in [2.05, 4.69) is 15.2 Å². The second kappa shape index (κ2) is 7.77. The highest BCUT2D eigenvalue weighted by Crippen LogP contribution is 2.31. The quantitative estimate of drug-likeness (QED) is 0.809. The van der Waals surface area contributed by atoms with Crippen LogP contribution in [-0.2, 0) is 11.3 Å². The van der Waals surface area contributed by atoms with E-state index in [4.69, 9.17) is 0 Å². The summed E-state index contributed by atoms with van der Waals surface area (Å²) in [6.07, 6.45) is 9.35. The van der Waals surface area contributed by atoms with Gasteiger partial charge in [0.15, 0.2) is 0 Å². The fourth-order valence-corrected chi connectivity index (χ4v) is 3.41. The molecule has 1 unspecified atom stereocenters. The molecule has 2 heterocycles. The highest BCUT2D eigenvalue weighted by Gasteiger charge is 2.26. The number of aromatic amines is 1. The zero-order valence-electron chi connectivity index (χ0n) is 13.7. The van der Waals surface area contributed by atoms with Crippen LogP contribution in [0, 0.1) is 5.92 Å². The van der Waals surface area contributed by atoms with Crippen molar-refractivity contribution in [1.29, 1.82) is 0 Å². The molecule has 2 aliphatic rings.